The predicted molar refractivity (Wildman–Crippen MR) is 194 cm³/mol. The maximum atomic E-state index is 12.9. The van der Waals surface area contributed by atoms with E-state index in [-0.39, 0.29) is 0 Å². The number of esters is 2. The highest BCUT2D eigenvalue weighted by Crippen LogP contribution is 2.35. The van der Waals surface area contributed by atoms with Gasteiger partial charge in [-0.15, -0.1) is 0 Å². The molecule has 0 saturated heterocycles. The fourth-order valence-corrected chi connectivity index (χ4v) is 5.84. The minimum absolute atomic E-state index is 0.431. The summed E-state index contributed by atoms with van der Waals surface area (Å²) in [6, 6.07) is 0. The highest BCUT2D eigenvalue weighted by atomic mass is 16.5. The van der Waals surface area contributed by atoms with Gasteiger partial charge in [0.25, 0.3) is 0 Å². The Kier molecular flexibility index (Phi) is 31.7. The summed E-state index contributed by atoms with van der Waals surface area (Å²) in [4.78, 5) is 25.7. The minimum atomic E-state index is -1.16. The van der Waals surface area contributed by atoms with Gasteiger partial charge >= 0.3 is 11.9 Å². The van der Waals surface area contributed by atoms with Gasteiger partial charge in [-0.3, -0.25) is 9.59 Å². The number of allylic oxidation sites excluding steroid dienone is 8. The summed E-state index contributed by atoms with van der Waals surface area (Å²) in [5, 5.41) is 0. The highest BCUT2D eigenvalue weighted by molar-refractivity contribution is 5.99. The molecule has 0 aliphatic heterocycles. The zero-order valence-corrected chi connectivity index (χ0v) is 30.1. The maximum absolute atomic E-state index is 12.9. The third-order valence-electron chi connectivity index (χ3n) is 8.76. The summed E-state index contributed by atoms with van der Waals surface area (Å²) >= 11 is 0. The van der Waals surface area contributed by atoms with Crippen LogP contribution in [0.15, 0.2) is 48.6 Å². The summed E-state index contributed by atoms with van der Waals surface area (Å²) < 4.78 is 10.3. The summed E-state index contributed by atoms with van der Waals surface area (Å²) in [7, 11) is 2.77. The molecule has 0 atom stereocenters. The fraction of sp³-hybridized carbons (Fsp3) is 0.756. The van der Waals surface area contributed by atoms with Crippen LogP contribution in [0.5, 0.6) is 0 Å². The van der Waals surface area contributed by atoms with E-state index in [1.807, 2.05) is 0 Å². The van der Waals surface area contributed by atoms with Gasteiger partial charge in [-0.1, -0.05) is 152 Å². The molecule has 0 fully saturated rings. The van der Waals surface area contributed by atoms with Crippen molar-refractivity contribution in [2.45, 2.75) is 181 Å². The molecule has 0 spiro atoms. The van der Waals surface area contributed by atoms with Crippen molar-refractivity contribution in [2.75, 3.05) is 14.2 Å². The van der Waals surface area contributed by atoms with Crippen LogP contribution in [0.3, 0.4) is 0 Å². The van der Waals surface area contributed by atoms with E-state index in [1.165, 1.54) is 104 Å². The van der Waals surface area contributed by atoms with Gasteiger partial charge in [0.05, 0.1) is 14.2 Å². The monoisotopic (exact) mass is 629 g/mol. The molecule has 0 saturated carbocycles. The van der Waals surface area contributed by atoms with E-state index in [0.717, 1.165) is 64.2 Å². The number of carbonyl (C=O) groups is 2. The molecule has 0 N–H and O–H groups in total. The molecule has 45 heavy (non-hydrogen) atoms. The van der Waals surface area contributed by atoms with E-state index in [0.29, 0.717) is 12.8 Å². The van der Waals surface area contributed by atoms with Gasteiger partial charge in [-0.05, 0) is 77.0 Å². The molecule has 0 aromatic carbocycles. The summed E-state index contributed by atoms with van der Waals surface area (Å²) in [6.45, 7) is 4.49. The molecule has 0 radical (unpaired) electrons. The Morgan fingerprint density at radius 2 is 0.711 bits per heavy atom. The Labute approximate surface area is 279 Å². The normalized spacial score (nSPS) is 12.4. The molecule has 260 valence electrons. The van der Waals surface area contributed by atoms with Crippen LogP contribution in [-0.2, 0) is 19.1 Å². The second-order valence-corrected chi connectivity index (χ2v) is 12.7. The van der Waals surface area contributed by atoms with Crippen LogP contribution in [0.25, 0.3) is 0 Å². The van der Waals surface area contributed by atoms with Crippen LogP contribution in [0, 0.1) is 5.41 Å². The molecule has 0 unspecified atom stereocenters. The van der Waals surface area contributed by atoms with Gasteiger partial charge in [0.1, 0.15) is 0 Å². The van der Waals surface area contributed by atoms with E-state index in [2.05, 4.69) is 62.5 Å². The molecule has 0 aromatic heterocycles. The van der Waals surface area contributed by atoms with Crippen molar-refractivity contribution in [3.05, 3.63) is 48.6 Å². The summed E-state index contributed by atoms with van der Waals surface area (Å²) in [5.41, 5.74) is -1.16. The Bertz CT molecular complexity index is 725. The van der Waals surface area contributed by atoms with Crippen LogP contribution in [0.4, 0.5) is 0 Å². The van der Waals surface area contributed by atoms with Crippen LogP contribution < -0.4 is 0 Å². The molecule has 0 aliphatic carbocycles. The number of unbranched alkanes of at least 4 members (excludes halogenated alkanes) is 18. The van der Waals surface area contributed by atoms with Crippen molar-refractivity contribution >= 4 is 11.9 Å². The molecule has 0 aromatic rings. The molecular weight excluding hydrogens is 556 g/mol. The van der Waals surface area contributed by atoms with Crippen molar-refractivity contribution in [3.63, 3.8) is 0 Å². The Morgan fingerprint density at radius 3 is 1.02 bits per heavy atom. The number of ether oxygens (including phenoxy) is 2. The highest BCUT2D eigenvalue weighted by Gasteiger charge is 2.47. The fourth-order valence-electron chi connectivity index (χ4n) is 5.84. The van der Waals surface area contributed by atoms with Gasteiger partial charge in [-0.25, -0.2) is 0 Å². The Hall–Kier alpha value is -2.10. The number of methoxy groups -OCH3 is 2. The van der Waals surface area contributed by atoms with E-state index in [4.69, 9.17) is 9.47 Å². The number of carbonyl (C=O) groups excluding carboxylic acids is 2. The first kappa shape index (κ1) is 42.9. The lowest BCUT2D eigenvalue weighted by atomic mass is 9.77. The second kappa shape index (κ2) is 33.3. The smallest absolute Gasteiger partial charge is 0.323 e. The number of rotatable bonds is 32. The van der Waals surface area contributed by atoms with Gasteiger partial charge in [0, 0.05) is 0 Å². The van der Waals surface area contributed by atoms with Gasteiger partial charge in [0.2, 0.25) is 0 Å². The minimum Gasteiger partial charge on any atom is -0.468 e. The van der Waals surface area contributed by atoms with Gasteiger partial charge in [-0.2, -0.15) is 0 Å². The lowest BCUT2D eigenvalue weighted by Gasteiger charge is -2.28. The second-order valence-electron chi connectivity index (χ2n) is 12.7. The zero-order chi connectivity index (χ0) is 33.1. The Balaban J connectivity index is 4.18. The molecule has 4 heteroatoms. The third-order valence-corrected chi connectivity index (χ3v) is 8.76. The van der Waals surface area contributed by atoms with Gasteiger partial charge < -0.3 is 9.47 Å². The standard InChI is InChI=1S/C41H72O4/c1-5-7-9-11-13-15-17-19-21-23-25-27-29-31-33-35-37-41(39(42)44-3,40(43)45-4)38-36-34-32-30-28-26-24-22-20-18-16-14-12-10-8-6-2/h13-16,19-22H,5-12,17-18,23-38H2,1-4H3/b15-13-,16-14?,21-19-,22-20?. The van der Waals surface area contributed by atoms with Crippen molar-refractivity contribution in [1.29, 1.82) is 0 Å². The largest absolute Gasteiger partial charge is 0.468 e. The average molecular weight is 629 g/mol. The number of hydrogen-bond donors (Lipinski definition) is 0. The molecule has 0 aliphatic rings. The quantitative estimate of drug-likeness (QED) is 0.0322. The molecule has 0 bridgehead atoms. The lowest BCUT2D eigenvalue weighted by molar-refractivity contribution is -0.170. The molecule has 0 amide bonds. The van der Waals surface area contributed by atoms with E-state index < -0.39 is 17.4 Å². The maximum Gasteiger partial charge on any atom is 0.323 e. The molecular formula is C41H72O4. The van der Waals surface area contributed by atoms with Crippen LogP contribution in [0.2, 0.25) is 0 Å². The van der Waals surface area contributed by atoms with Crippen molar-refractivity contribution < 1.29 is 19.1 Å². The molecule has 0 heterocycles. The summed E-state index contributed by atoms with van der Waals surface area (Å²) in [5.74, 6) is -0.862. The van der Waals surface area contributed by atoms with E-state index in [9.17, 15) is 9.59 Å². The topological polar surface area (TPSA) is 52.6 Å². The molecule has 0 rings (SSSR count). The summed E-state index contributed by atoms with van der Waals surface area (Å²) in [6.07, 6.45) is 47.3. The van der Waals surface area contributed by atoms with E-state index in [1.54, 1.807) is 0 Å². The van der Waals surface area contributed by atoms with Crippen molar-refractivity contribution in [2.24, 2.45) is 5.41 Å². The lowest BCUT2D eigenvalue weighted by Crippen LogP contribution is -2.41. The van der Waals surface area contributed by atoms with Crippen LogP contribution in [-0.4, -0.2) is 26.2 Å². The van der Waals surface area contributed by atoms with Crippen molar-refractivity contribution in [3.8, 4) is 0 Å². The predicted octanol–water partition coefficient (Wildman–Crippen LogP) is 12.7. The first-order chi connectivity index (χ1) is 22.1. The third kappa shape index (κ3) is 24.8. The van der Waals surface area contributed by atoms with Crippen LogP contribution in [0.1, 0.15) is 181 Å². The average Bonchev–Trinajstić information content (AvgIpc) is 3.06. The van der Waals surface area contributed by atoms with Crippen molar-refractivity contribution in [1.82, 2.24) is 0 Å². The van der Waals surface area contributed by atoms with Gasteiger partial charge in [0.15, 0.2) is 5.41 Å². The first-order valence-corrected chi connectivity index (χ1v) is 18.9. The zero-order valence-electron chi connectivity index (χ0n) is 30.1. The molecule has 4 nitrogen and oxygen atoms in total. The Morgan fingerprint density at radius 1 is 0.422 bits per heavy atom. The van der Waals surface area contributed by atoms with E-state index >= 15 is 0 Å². The SMILES string of the molecule is CCCCCC=CCC=CCCCCCCCCC(CCCCCCCC/C=C\C/C=C\CCCCC)(C(=O)OC)C(=O)OC. The first-order valence-electron chi connectivity index (χ1n) is 18.9. The number of hydrogen-bond acceptors (Lipinski definition) is 4. The van der Waals surface area contributed by atoms with Crippen LogP contribution >= 0.6 is 0 Å².